The third-order valence-corrected chi connectivity index (χ3v) is 3.41. The van der Waals surface area contributed by atoms with Crippen molar-refractivity contribution < 1.29 is 13.6 Å². The number of nitrogens with one attached hydrogen (secondary N) is 3. The van der Waals surface area contributed by atoms with Crippen LogP contribution in [-0.2, 0) is 0 Å². The van der Waals surface area contributed by atoms with Gasteiger partial charge in [0, 0.05) is 37.6 Å². The molecule has 0 saturated heterocycles. The molecule has 3 rings (SSSR count). The monoisotopic (exact) mass is 358 g/mol. The molecule has 2 aromatic heterocycles. The normalized spacial score (nSPS) is 10.4. The van der Waals surface area contributed by atoms with Crippen molar-refractivity contribution in [3.8, 4) is 5.82 Å². The zero-order valence-electron chi connectivity index (χ0n) is 13.6. The molecule has 0 spiro atoms. The Morgan fingerprint density at radius 3 is 2.69 bits per heavy atom. The number of carbonyl (C=O) groups is 1. The molecule has 0 unspecified atom stereocenters. The van der Waals surface area contributed by atoms with E-state index in [2.05, 4.69) is 25.9 Å². The fraction of sp³-hybridized carbons (Fsp3) is 0.118. The van der Waals surface area contributed by atoms with E-state index in [0.29, 0.717) is 18.2 Å². The van der Waals surface area contributed by atoms with Crippen LogP contribution in [0.5, 0.6) is 0 Å². The minimum Gasteiger partial charge on any atom is -0.368 e. The molecule has 0 aliphatic heterocycles. The van der Waals surface area contributed by atoms with Crippen molar-refractivity contribution in [3.05, 3.63) is 66.8 Å². The van der Waals surface area contributed by atoms with Gasteiger partial charge in [-0.25, -0.2) is 23.5 Å². The lowest BCUT2D eigenvalue weighted by Gasteiger charge is -2.10. The Labute approximate surface area is 148 Å². The Morgan fingerprint density at radius 1 is 1.08 bits per heavy atom. The van der Waals surface area contributed by atoms with E-state index < -0.39 is 17.7 Å². The van der Waals surface area contributed by atoms with Crippen LogP contribution in [0.1, 0.15) is 0 Å². The summed E-state index contributed by atoms with van der Waals surface area (Å²) in [6.45, 7) is 0.646. The van der Waals surface area contributed by atoms with E-state index in [1.54, 1.807) is 6.07 Å². The first-order valence-corrected chi connectivity index (χ1v) is 7.81. The van der Waals surface area contributed by atoms with Gasteiger partial charge < -0.3 is 20.5 Å². The minimum absolute atomic E-state index is 0.220. The first-order chi connectivity index (χ1) is 12.6. The highest BCUT2D eigenvalue weighted by atomic mass is 19.1. The first-order valence-electron chi connectivity index (χ1n) is 7.81. The van der Waals surface area contributed by atoms with E-state index in [0.717, 1.165) is 18.2 Å². The van der Waals surface area contributed by atoms with Gasteiger partial charge in [0.2, 0.25) is 0 Å². The number of carbonyl (C=O) groups excluding carboxylic acids is 1. The second-order valence-electron chi connectivity index (χ2n) is 5.28. The van der Waals surface area contributed by atoms with Crippen molar-refractivity contribution >= 4 is 17.5 Å². The lowest BCUT2D eigenvalue weighted by molar-refractivity contribution is 0.252. The maximum atomic E-state index is 13.5. The van der Waals surface area contributed by atoms with Gasteiger partial charge in [0.1, 0.15) is 29.6 Å². The number of urea groups is 1. The van der Waals surface area contributed by atoms with Gasteiger partial charge in [-0.3, -0.25) is 0 Å². The highest BCUT2D eigenvalue weighted by molar-refractivity contribution is 5.89. The second-order valence-corrected chi connectivity index (χ2v) is 5.28. The summed E-state index contributed by atoms with van der Waals surface area (Å²) in [7, 11) is 0. The number of hydrogen-bond donors (Lipinski definition) is 3. The molecule has 2 heterocycles. The largest absolute Gasteiger partial charge is 0.368 e. The standard InChI is InChI=1S/C17H16F2N6O/c18-12-3-4-13(19)14(9-12)24-17(26)21-6-5-20-15-10-16(23-11-22-15)25-7-1-2-8-25/h1-4,7-11H,5-6H2,(H,20,22,23)(H2,21,24,26). The van der Waals surface area contributed by atoms with Gasteiger partial charge in [-0.2, -0.15) is 0 Å². The van der Waals surface area contributed by atoms with Crippen LogP contribution < -0.4 is 16.0 Å². The fourth-order valence-corrected chi connectivity index (χ4v) is 2.20. The number of rotatable bonds is 6. The predicted molar refractivity (Wildman–Crippen MR) is 93.2 cm³/mol. The molecule has 0 atom stereocenters. The Morgan fingerprint density at radius 2 is 1.88 bits per heavy atom. The molecule has 7 nitrogen and oxygen atoms in total. The van der Waals surface area contributed by atoms with E-state index in [-0.39, 0.29) is 12.2 Å². The summed E-state index contributed by atoms with van der Waals surface area (Å²) in [5, 5.41) is 7.84. The van der Waals surface area contributed by atoms with E-state index in [1.807, 2.05) is 29.1 Å². The number of benzene rings is 1. The van der Waals surface area contributed by atoms with Gasteiger partial charge in [-0.1, -0.05) is 0 Å². The molecule has 1 aromatic carbocycles. The molecule has 3 N–H and O–H groups in total. The predicted octanol–water partition coefficient (Wildman–Crippen LogP) is 2.78. The summed E-state index contributed by atoms with van der Waals surface area (Å²) in [4.78, 5) is 20.0. The quantitative estimate of drug-likeness (QED) is 0.592. The molecule has 0 aliphatic rings. The highest BCUT2D eigenvalue weighted by Gasteiger charge is 2.07. The van der Waals surface area contributed by atoms with Crippen molar-refractivity contribution in [2.24, 2.45) is 0 Å². The molecule has 3 aromatic rings. The van der Waals surface area contributed by atoms with Crippen molar-refractivity contribution in [1.82, 2.24) is 19.9 Å². The summed E-state index contributed by atoms with van der Waals surface area (Å²) in [5.74, 6) is -0.0364. The molecular weight excluding hydrogens is 342 g/mol. The molecule has 0 radical (unpaired) electrons. The van der Waals surface area contributed by atoms with Gasteiger partial charge in [0.25, 0.3) is 0 Å². The molecular formula is C17H16F2N6O. The van der Waals surface area contributed by atoms with Crippen LogP contribution in [0.4, 0.5) is 25.1 Å². The van der Waals surface area contributed by atoms with Crippen molar-refractivity contribution in [3.63, 3.8) is 0 Å². The molecule has 26 heavy (non-hydrogen) atoms. The van der Waals surface area contributed by atoms with E-state index in [1.165, 1.54) is 6.33 Å². The van der Waals surface area contributed by atoms with Gasteiger partial charge >= 0.3 is 6.03 Å². The third-order valence-electron chi connectivity index (χ3n) is 3.41. The number of hydrogen-bond acceptors (Lipinski definition) is 4. The summed E-state index contributed by atoms with van der Waals surface area (Å²) in [6.07, 6.45) is 5.16. The smallest absolute Gasteiger partial charge is 0.319 e. The lowest BCUT2D eigenvalue weighted by atomic mass is 10.3. The summed E-state index contributed by atoms with van der Waals surface area (Å²) in [5.41, 5.74) is -0.220. The zero-order chi connectivity index (χ0) is 18.4. The highest BCUT2D eigenvalue weighted by Crippen LogP contribution is 2.14. The Bertz CT molecular complexity index is 885. The van der Waals surface area contributed by atoms with E-state index in [4.69, 9.17) is 0 Å². The lowest BCUT2D eigenvalue weighted by Crippen LogP contribution is -2.33. The molecule has 2 amide bonds. The van der Waals surface area contributed by atoms with E-state index in [9.17, 15) is 13.6 Å². The van der Waals surface area contributed by atoms with Gasteiger partial charge in [0.05, 0.1) is 5.69 Å². The molecule has 0 aliphatic carbocycles. The van der Waals surface area contributed by atoms with Crippen LogP contribution in [0.25, 0.3) is 5.82 Å². The topological polar surface area (TPSA) is 83.9 Å². The summed E-state index contributed by atoms with van der Waals surface area (Å²) >= 11 is 0. The number of aromatic nitrogens is 3. The zero-order valence-corrected chi connectivity index (χ0v) is 13.6. The molecule has 0 bridgehead atoms. The third kappa shape index (κ3) is 4.53. The van der Waals surface area contributed by atoms with Gasteiger partial charge in [-0.15, -0.1) is 0 Å². The average Bonchev–Trinajstić information content (AvgIpc) is 3.17. The average molecular weight is 358 g/mol. The van der Waals surface area contributed by atoms with Crippen LogP contribution in [0.3, 0.4) is 0 Å². The Balaban J connectivity index is 1.46. The number of halogens is 2. The molecule has 134 valence electrons. The number of anilines is 2. The maximum Gasteiger partial charge on any atom is 0.319 e. The van der Waals surface area contributed by atoms with Crippen molar-refractivity contribution in [2.75, 3.05) is 23.7 Å². The van der Waals surface area contributed by atoms with Crippen molar-refractivity contribution in [2.45, 2.75) is 0 Å². The van der Waals surface area contributed by atoms with Crippen LogP contribution >= 0.6 is 0 Å². The van der Waals surface area contributed by atoms with E-state index >= 15 is 0 Å². The van der Waals surface area contributed by atoms with Crippen LogP contribution in [0.15, 0.2) is 55.1 Å². The molecule has 0 saturated carbocycles. The van der Waals surface area contributed by atoms with Gasteiger partial charge in [0.15, 0.2) is 0 Å². The van der Waals surface area contributed by atoms with Crippen molar-refractivity contribution in [1.29, 1.82) is 0 Å². The minimum atomic E-state index is -0.710. The fourth-order valence-electron chi connectivity index (χ4n) is 2.20. The van der Waals surface area contributed by atoms with Crippen LogP contribution in [0.2, 0.25) is 0 Å². The SMILES string of the molecule is O=C(NCCNc1cc(-n2cccc2)ncn1)Nc1cc(F)ccc1F. The Hall–Kier alpha value is -3.49. The first kappa shape index (κ1) is 17.3. The number of amides is 2. The summed E-state index contributed by atoms with van der Waals surface area (Å²) < 4.78 is 28.4. The summed E-state index contributed by atoms with van der Waals surface area (Å²) in [6, 6.07) is 7.75. The van der Waals surface area contributed by atoms with Crippen LogP contribution in [-0.4, -0.2) is 33.7 Å². The second kappa shape index (κ2) is 8.06. The van der Waals surface area contributed by atoms with Gasteiger partial charge in [-0.05, 0) is 24.3 Å². The number of nitrogens with zero attached hydrogens (tertiary/aromatic N) is 3. The maximum absolute atomic E-state index is 13.5. The molecule has 9 heteroatoms. The van der Waals surface area contributed by atoms with Crippen LogP contribution in [0, 0.1) is 11.6 Å². The molecule has 0 fully saturated rings. The Kier molecular flexibility index (Phi) is 5.37.